The summed E-state index contributed by atoms with van der Waals surface area (Å²) < 4.78 is 10.7. The fourth-order valence-electron chi connectivity index (χ4n) is 2.82. The van der Waals surface area contributed by atoms with Gasteiger partial charge in [-0.25, -0.2) is 0 Å². The molecule has 3 rings (SSSR count). The van der Waals surface area contributed by atoms with Crippen molar-refractivity contribution in [3.8, 4) is 11.5 Å². The number of hydrogen-bond donors (Lipinski definition) is 0. The predicted molar refractivity (Wildman–Crippen MR) is 109 cm³/mol. The molecule has 2 aromatic carbocycles. The van der Waals surface area contributed by atoms with Crippen LogP contribution in [-0.4, -0.2) is 35.3 Å². The lowest BCUT2D eigenvalue weighted by atomic mass is 10.1. The molecule has 1 heterocycles. The van der Waals surface area contributed by atoms with E-state index in [9.17, 15) is 14.7 Å². The normalized spacial score (nSPS) is 16.4. The van der Waals surface area contributed by atoms with Gasteiger partial charge in [-0.1, -0.05) is 54.3 Å². The zero-order chi connectivity index (χ0) is 20.3. The molecule has 1 aliphatic heterocycles. The molecule has 0 N–H and O–H groups in total. The Morgan fingerprint density at radius 2 is 1.89 bits per heavy atom. The SMILES string of the molecule is COc1ccc(OC)c(/C=C2/SC(=S)N([C@H](C(=O)[O-])c3ccccc3)C2=O)c1. The summed E-state index contributed by atoms with van der Waals surface area (Å²) in [5.74, 6) is -0.759. The number of nitrogens with zero attached hydrogens (tertiary/aromatic N) is 1. The van der Waals surface area contributed by atoms with E-state index in [0.717, 1.165) is 16.7 Å². The van der Waals surface area contributed by atoms with Crippen LogP contribution in [0.15, 0.2) is 53.4 Å². The number of rotatable bonds is 6. The Morgan fingerprint density at radius 3 is 2.50 bits per heavy atom. The predicted octanol–water partition coefficient (Wildman–Crippen LogP) is 2.40. The number of carbonyl (C=O) groups excluding carboxylic acids is 2. The van der Waals surface area contributed by atoms with Gasteiger partial charge in [-0.2, -0.15) is 0 Å². The highest BCUT2D eigenvalue weighted by atomic mass is 32.2. The zero-order valence-corrected chi connectivity index (χ0v) is 16.7. The van der Waals surface area contributed by atoms with Crippen LogP contribution in [0.2, 0.25) is 0 Å². The van der Waals surface area contributed by atoms with Gasteiger partial charge in [0.25, 0.3) is 5.91 Å². The lowest BCUT2D eigenvalue weighted by molar-refractivity contribution is -0.310. The van der Waals surface area contributed by atoms with Crippen molar-refractivity contribution in [1.82, 2.24) is 4.90 Å². The molecule has 0 saturated carbocycles. The Labute approximate surface area is 171 Å². The van der Waals surface area contributed by atoms with Crippen LogP contribution < -0.4 is 14.6 Å². The monoisotopic (exact) mass is 414 g/mol. The van der Waals surface area contributed by atoms with Crippen molar-refractivity contribution in [2.45, 2.75) is 6.04 Å². The smallest absolute Gasteiger partial charge is 0.267 e. The molecule has 6 nitrogen and oxygen atoms in total. The molecule has 0 unspecified atom stereocenters. The minimum atomic E-state index is -1.40. The Morgan fingerprint density at radius 1 is 1.18 bits per heavy atom. The summed E-state index contributed by atoms with van der Waals surface area (Å²) >= 11 is 6.33. The standard InChI is InChI=1S/C20H17NO5S2/c1-25-14-8-9-15(26-2)13(10-14)11-16-18(22)21(20(27)28-16)17(19(23)24)12-6-4-3-5-7-12/h3-11,17H,1-2H3,(H,23,24)/p-1/b16-11+/t17-/m0/s1. The number of ether oxygens (including phenoxy) is 2. The maximum atomic E-state index is 13.0. The van der Waals surface area contributed by atoms with Crippen LogP contribution in [0.25, 0.3) is 6.08 Å². The van der Waals surface area contributed by atoms with Gasteiger partial charge in [0.1, 0.15) is 21.9 Å². The molecule has 28 heavy (non-hydrogen) atoms. The molecule has 1 aliphatic rings. The quantitative estimate of drug-likeness (QED) is 0.530. The lowest BCUT2D eigenvalue weighted by Crippen LogP contribution is -2.43. The molecular weight excluding hydrogens is 398 g/mol. The molecule has 1 saturated heterocycles. The van der Waals surface area contributed by atoms with Crippen LogP contribution in [-0.2, 0) is 9.59 Å². The van der Waals surface area contributed by atoms with Crippen LogP contribution in [0.5, 0.6) is 11.5 Å². The largest absolute Gasteiger partial charge is 0.547 e. The average Bonchev–Trinajstić information content (AvgIpc) is 2.96. The molecule has 8 heteroatoms. The Hall–Kier alpha value is -2.84. The van der Waals surface area contributed by atoms with Crippen molar-refractivity contribution in [2.75, 3.05) is 14.2 Å². The van der Waals surface area contributed by atoms with Crippen molar-refractivity contribution >= 4 is 46.3 Å². The maximum absolute atomic E-state index is 13.0. The van der Waals surface area contributed by atoms with Gasteiger partial charge >= 0.3 is 0 Å². The van der Waals surface area contributed by atoms with Gasteiger partial charge in [0.2, 0.25) is 0 Å². The van der Waals surface area contributed by atoms with Gasteiger partial charge in [-0.05, 0) is 29.8 Å². The molecule has 2 aromatic rings. The molecular formula is C20H16NO5S2-. The first-order valence-electron chi connectivity index (χ1n) is 8.21. The van der Waals surface area contributed by atoms with E-state index in [1.54, 1.807) is 54.6 Å². The van der Waals surface area contributed by atoms with Crippen molar-refractivity contribution in [1.29, 1.82) is 0 Å². The second-order valence-corrected chi connectivity index (χ2v) is 7.47. The summed E-state index contributed by atoms with van der Waals surface area (Å²) in [7, 11) is 3.06. The number of carbonyl (C=O) groups is 2. The van der Waals surface area contributed by atoms with Crippen molar-refractivity contribution < 1.29 is 24.2 Å². The van der Waals surface area contributed by atoms with Crippen LogP contribution in [0.4, 0.5) is 0 Å². The van der Waals surface area contributed by atoms with E-state index in [1.165, 1.54) is 14.2 Å². The average molecular weight is 414 g/mol. The first-order valence-corrected chi connectivity index (χ1v) is 9.43. The fraction of sp³-hybridized carbons (Fsp3) is 0.150. The van der Waals surface area contributed by atoms with E-state index < -0.39 is 17.9 Å². The van der Waals surface area contributed by atoms with Crippen LogP contribution >= 0.6 is 24.0 Å². The third-order valence-electron chi connectivity index (χ3n) is 4.14. The van der Waals surface area contributed by atoms with E-state index in [4.69, 9.17) is 21.7 Å². The van der Waals surface area contributed by atoms with E-state index in [-0.39, 0.29) is 4.32 Å². The number of amides is 1. The molecule has 1 atom stereocenters. The highest BCUT2D eigenvalue weighted by molar-refractivity contribution is 8.26. The molecule has 144 valence electrons. The van der Waals surface area contributed by atoms with Crippen LogP contribution in [0.1, 0.15) is 17.2 Å². The van der Waals surface area contributed by atoms with Gasteiger partial charge in [0, 0.05) is 5.56 Å². The number of aliphatic carboxylic acids is 1. The van der Waals surface area contributed by atoms with Gasteiger partial charge in [0.05, 0.1) is 25.1 Å². The van der Waals surface area contributed by atoms with Crippen LogP contribution in [0, 0.1) is 0 Å². The number of methoxy groups -OCH3 is 2. The summed E-state index contributed by atoms with van der Waals surface area (Å²) in [5, 5.41) is 11.8. The summed E-state index contributed by atoms with van der Waals surface area (Å²) in [6.45, 7) is 0. The van der Waals surface area contributed by atoms with Crippen molar-refractivity contribution in [2.24, 2.45) is 0 Å². The first kappa shape index (κ1) is 19.9. The summed E-state index contributed by atoms with van der Waals surface area (Å²) in [6, 6.07) is 12.3. The third-order valence-corrected chi connectivity index (χ3v) is 5.47. The van der Waals surface area contributed by atoms with Gasteiger partial charge in [-0.15, -0.1) is 0 Å². The van der Waals surface area contributed by atoms with Gasteiger partial charge in [-0.3, -0.25) is 9.69 Å². The topological polar surface area (TPSA) is 78.9 Å². The second-order valence-electron chi connectivity index (χ2n) is 5.79. The summed E-state index contributed by atoms with van der Waals surface area (Å²) in [5.41, 5.74) is 1.03. The minimum absolute atomic E-state index is 0.149. The number of thioether (sulfide) groups is 1. The molecule has 1 amide bonds. The second kappa shape index (κ2) is 8.45. The maximum Gasteiger partial charge on any atom is 0.267 e. The number of carboxylic acids is 1. The molecule has 1 fully saturated rings. The van der Waals surface area contributed by atoms with Crippen molar-refractivity contribution in [3.63, 3.8) is 0 Å². The Kier molecular flexibility index (Phi) is 6.01. The van der Waals surface area contributed by atoms with E-state index in [1.807, 2.05) is 0 Å². The van der Waals surface area contributed by atoms with Gasteiger partial charge < -0.3 is 19.4 Å². The van der Waals surface area contributed by atoms with Crippen molar-refractivity contribution in [3.05, 3.63) is 64.6 Å². The molecule has 0 aliphatic carbocycles. The molecule has 0 radical (unpaired) electrons. The minimum Gasteiger partial charge on any atom is -0.547 e. The highest BCUT2D eigenvalue weighted by Crippen LogP contribution is 2.39. The number of benzene rings is 2. The first-order chi connectivity index (χ1) is 13.5. The summed E-state index contributed by atoms with van der Waals surface area (Å²) in [4.78, 5) is 26.1. The number of hydrogen-bond acceptors (Lipinski definition) is 7. The van der Waals surface area contributed by atoms with Gasteiger partial charge in [0.15, 0.2) is 0 Å². The highest BCUT2D eigenvalue weighted by Gasteiger charge is 2.38. The lowest BCUT2D eigenvalue weighted by Gasteiger charge is -2.27. The molecule has 0 spiro atoms. The molecule has 0 aromatic heterocycles. The van der Waals surface area contributed by atoms with E-state index >= 15 is 0 Å². The van der Waals surface area contributed by atoms with E-state index in [2.05, 4.69) is 0 Å². The number of carboxylic acid groups (broad SMARTS) is 1. The van der Waals surface area contributed by atoms with E-state index in [0.29, 0.717) is 27.5 Å². The fourth-order valence-corrected chi connectivity index (χ4v) is 4.13. The Bertz CT molecular complexity index is 958. The number of thiocarbonyl (C=S) groups is 1. The zero-order valence-electron chi connectivity index (χ0n) is 15.1. The third kappa shape index (κ3) is 3.88. The summed E-state index contributed by atoms with van der Waals surface area (Å²) in [6.07, 6.45) is 1.61. The van der Waals surface area contributed by atoms with Crippen LogP contribution in [0.3, 0.4) is 0 Å². The molecule has 0 bridgehead atoms. The Balaban J connectivity index is 2.00.